The second-order valence-corrected chi connectivity index (χ2v) is 7.03. The molecule has 1 aliphatic rings. The van der Waals surface area contributed by atoms with E-state index in [1.54, 1.807) is 12.1 Å². The smallest absolute Gasteiger partial charge is 0.123 e. The van der Waals surface area contributed by atoms with E-state index < -0.39 is 0 Å². The van der Waals surface area contributed by atoms with Crippen LogP contribution in [0.1, 0.15) is 41.8 Å². The highest BCUT2D eigenvalue weighted by Crippen LogP contribution is 2.33. The average molecular weight is 348 g/mol. The van der Waals surface area contributed by atoms with E-state index in [1.807, 2.05) is 12.1 Å². The van der Waals surface area contributed by atoms with Gasteiger partial charge in [-0.2, -0.15) is 0 Å². The molecule has 2 nitrogen and oxygen atoms in total. The molecule has 3 aromatic rings. The molecule has 2 heterocycles. The van der Waals surface area contributed by atoms with Crippen molar-refractivity contribution in [2.24, 2.45) is 0 Å². The van der Waals surface area contributed by atoms with Gasteiger partial charge in [-0.25, -0.2) is 4.39 Å². The van der Waals surface area contributed by atoms with Gasteiger partial charge in [-0.1, -0.05) is 43.3 Å². The molecule has 1 aromatic heterocycles. The first-order valence-electron chi connectivity index (χ1n) is 9.47. The van der Waals surface area contributed by atoms with Crippen LogP contribution in [0.5, 0.6) is 0 Å². The molecule has 0 saturated carbocycles. The predicted octanol–water partition coefficient (Wildman–Crippen LogP) is 5.18. The van der Waals surface area contributed by atoms with Crippen LogP contribution in [-0.4, -0.2) is 16.0 Å². The molecule has 0 N–H and O–H groups in total. The predicted molar refractivity (Wildman–Crippen MR) is 104 cm³/mol. The molecule has 1 unspecified atom stereocenters. The van der Waals surface area contributed by atoms with Crippen LogP contribution < -0.4 is 0 Å². The van der Waals surface area contributed by atoms with Gasteiger partial charge in [0.2, 0.25) is 0 Å². The van der Waals surface area contributed by atoms with E-state index >= 15 is 0 Å². The van der Waals surface area contributed by atoms with E-state index in [0.29, 0.717) is 0 Å². The highest BCUT2D eigenvalue weighted by Gasteiger charge is 2.27. The van der Waals surface area contributed by atoms with E-state index in [1.165, 1.54) is 16.8 Å². The van der Waals surface area contributed by atoms with Gasteiger partial charge in [0.25, 0.3) is 0 Å². The van der Waals surface area contributed by atoms with Crippen LogP contribution in [0.15, 0.2) is 66.9 Å². The number of hydrogen-bond acceptors (Lipinski definition) is 1. The van der Waals surface area contributed by atoms with Gasteiger partial charge in [0.15, 0.2) is 0 Å². The topological polar surface area (TPSA) is 8.17 Å². The van der Waals surface area contributed by atoms with Crippen LogP contribution in [-0.2, 0) is 19.5 Å². The maximum Gasteiger partial charge on any atom is 0.123 e. The molecule has 0 saturated heterocycles. The lowest BCUT2D eigenvalue weighted by atomic mass is 9.99. The normalized spacial score (nSPS) is 17.7. The molecule has 0 aliphatic carbocycles. The largest absolute Gasteiger partial charge is 0.350 e. The molecule has 0 bridgehead atoms. The zero-order valence-electron chi connectivity index (χ0n) is 15.2. The maximum atomic E-state index is 13.5. The van der Waals surface area contributed by atoms with Crippen LogP contribution in [0.25, 0.3) is 0 Å². The van der Waals surface area contributed by atoms with Gasteiger partial charge in [-0.05, 0) is 53.8 Å². The van der Waals surface area contributed by atoms with Crippen molar-refractivity contribution in [3.05, 3.63) is 95.1 Å². The van der Waals surface area contributed by atoms with Crippen molar-refractivity contribution >= 4 is 0 Å². The second-order valence-electron chi connectivity index (χ2n) is 7.03. The Bertz CT molecular complexity index is 866. The molecule has 134 valence electrons. The number of benzene rings is 2. The average Bonchev–Trinajstić information content (AvgIpc) is 3.05. The molecule has 0 fully saturated rings. The summed E-state index contributed by atoms with van der Waals surface area (Å²) < 4.78 is 15.8. The molecule has 1 atom stereocenters. The number of aromatic nitrogens is 1. The first-order valence-corrected chi connectivity index (χ1v) is 9.47. The van der Waals surface area contributed by atoms with Gasteiger partial charge in [0, 0.05) is 31.5 Å². The summed E-state index contributed by atoms with van der Waals surface area (Å²) in [6.07, 6.45) is 4.32. The zero-order chi connectivity index (χ0) is 17.9. The maximum absolute atomic E-state index is 13.5. The summed E-state index contributed by atoms with van der Waals surface area (Å²) in [6, 6.07) is 20.2. The third-order valence-corrected chi connectivity index (χ3v) is 5.41. The molecular weight excluding hydrogens is 323 g/mol. The lowest BCUT2D eigenvalue weighted by molar-refractivity contribution is 0.219. The van der Waals surface area contributed by atoms with Gasteiger partial charge < -0.3 is 4.57 Å². The van der Waals surface area contributed by atoms with Crippen molar-refractivity contribution in [1.82, 2.24) is 9.47 Å². The monoisotopic (exact) mass is 348 g/mol. The van der Waals surface area contributed by atoms with Gasteiger partial charge in [0.1, 0.15) is 5.82 Å². The van der Waals surface area contributed by atoms with E-state index in [9.17, 15) is 4.39 Å². The van der Waals surface area contributed by atoms with Gasteiger partial charge >= 0.3 is 0 Å². The fourth-order valence-corrected chi connectivity index (χ4v) is 4.11. The van der Waals surface area contributed by atoms with Crippen LogP contribution in [0, 0.1) is 5.82 Å². The Kier molecular flexibility index (Phi) is 4.89. The Labute approximate surface area is 154 Å². The fourth-order valence-electron chi connectivity index (χ4n) is 4.11. The molecule has 0 amide bonds. The highest BCUT2D eigenvalue weighted by molar-refractivity contribution is 5.32. The van der Waals surface area contributed by atoms with Crippen molar-refractivity contribution in [2.45, 2.75) is 38.9 Å². The van der Waals surface area contributed by atoms with Crippen molar-refractivity contribution in [1.29, 1.82) is 0 Å². The first-order chi connectivity index (χ1) is 12.8. The number of nitrogens with zero attached hydrogens (tertiary/aromatic N) is 2. The summed E-state index contributed by atoms with van der Waals surface area (Å²) >= 11 is 0. The van der Waals surface area contributed by atoms with Crippen molar-refractivity contribution in [3.63, 3.8) is 0 Å². The minimum absolute atomic E-state index is 0.151. The molecule has 3 heteroatoms. The summed E-state index contributed by atoms with van der Waals surface area (Å²) in [7, 11) is 0. The van der Waals surface area contributed by atoms with Crippen LogP contribution >= 0.6 is 0 Å². The summed E-state index contributed by atoms with van der Waals surface area (Å²) in [5.74, 6) is -0.180. The van der Waals surface area contributed by atoms with E-state index in [2.05, 4.69) is 59.0 Å². The molecule has 1 aliphatic heterocycles. The Hall–Kier alpha value is -2.39. The molecule has 4 rings (SSSR count). The summed E-state index contributed by atoms with van der Waals surface area (Å²) in [5.41, 5.74) is 5.25. The highest BCUT2D eigenvalue weighted by atomic mass is 19.1. The number of aryl methyl sites for hydroxylation is 2. The molecule has 2 aromatic carbocycles. The van der Waals surface area contributed by atoms with Crippen LogP contribution in [0.4, 0.5) is 4.39 Å². The standard InChI is InChI=1S/C23H25FN2/c1-2-18-7-3-4-8-20(18)17-26-16-6-15-25-14-5-9-22(25)23(26)19-10-12-21(24)13-11-19/h3-5,7-14,23H,2,6,15-17H2,1H3. The Morgan fingerprint density at radius 2 is 1.69 bits per heavy atom. The second kappa shape index (κ2) is 7.46. The quantitative estimate of drug-likeness (QED) is 0.630. The number of rotatable bonds is 4. The van der Waals surface area contributed by atoms with Gasteiger partial charge in [-0.15, -0.1) is 0 Å². The fraction of sp³-hybridized carbons (Fsp3) is 0.304. The summed E-state index contributed by atoms with van der Waals surface area (Å²) in [5, 5.41) is 0. The SMILES string of the molecule is CCc1ccccc1CN1CCCn2cccc2C1c1ccc(F)cc1. The Morgan fingerprint density at radius 1 is 0.923 bits per heavy atom. The Balaban J connectivity index is 1.74. The summed E-state index contributed by atoms with van der Waals surface area (Å²) in [6.45, 7) is 5.19. The molecule has 0 spiro atoms. The minimum atomic E-state index is -0.180. The van der Waals surface area contributed by atoms with Crippen molar-refractivity contribution in [2.75, 3.05) is 6.54 Å². The van der Waals surface area contributed by atoms with Crippen molar-refractivity contribution < 1.29 is 4.39 Å². The van der Waals surface area contributed by atoms with Gasteiger partial charge in [-0.3, -0.25) is 4.90 Å². The third-order valence-electron chi connectivity index (χ3n) is 5.41. The van der Waals surface area contributed by atoms with Crippen LogP contribution in [0.3, 0.4) is 0 Å². The number of halogens is 1. The molecule has 26 heavy (non-hydrogen) atoms. The zero-order valence-corrected chi connectivity index (χ0v) is 15.2. The van der Waals surface area contributed by atoms with E-state index in [4.69, 9.17) is 0 Å². The van der Waals surface area contributed by atoms with Crippen LogP contribution in [0.2, 0.25) is 0 Å². The molecular formula is C23H25FN2. The third kappa shape index (κ3) is 3.32. The van der Waals surface area contributed by atoms with Crippen molar-refractivity contribution in [3.8, 4) is 0 Å². The summed E-state index contributed by atoms with van der Waals surface area (Å²) in [4.78, 5) is 2.54. The number of hydrogen-bond donors (Lipinski definition) is 0. The lowest BCUT2D eigenvalue weighted by Crippen LogP contribution is -2.30. The first kappa shape index (κ1) is 17.0. The Morgan fingerprint density at radius 3 is 2.46 bits per heavy atom. The molecule has 0 radical (unpaired) electrons. The number of fused-ring (bicyclic) bond motifs is 1. The van der Waals surface area contributed by atoms with Gasteiger partial charge in [0.05, 0.1) is 6.04 Å². The lowest BCUT2D eigenvalue weighted by Gasteiger charge is -2.31. The van der Waals surface area contributed by atoms with E-state index in [0.717, 1.165) is 38.0 Å². The van der Waals surface area contributed by atoms with E-state index in [-0.39, 0.29) is 11.9 Å². The minimum Gasteiger partial charge on any atom is -0.350 e.